The van der Waals surface area contributed by atoms with Gasteiger partial charge in [0.2, 0.25) is 0 Å². The third kappa shape index (κ3) is 5.22. The van der Waals surface area contributed by atoms with E-state index in [-0.39, 0.29) is 16.7 Å². The Hall–Kier alpha value is -1.65. The normalized spacial score (nSPS) is 19.2. The molecule has 2 aromatic carbocycles. The number of carbonyl (C=O) groups excluding carboxylic acids is 1. The van der Waals surface area contributed by atoms with E-state index in [9.17, 15) is 13.2 Å². The van der Waals surface area contributed by atoms with Crippen molar-refractivity contribution in [2.24, 2.45) is 5.92 Å². The van der Waals surface area contributed by atoms with E-state index < -0.39 is 10.0 Å². The number of fused-ring (bicyclic) bond motifs is 1. The van der Waals surface area contributed by atoms with E-state index in [4.69, 9.17) is 9.47 Å². The highest BCUT2D eigenvalue weighted by Crippen LogP contribution is 2.38. The minimum Gasteiger partial charge on any atom is -0.493 e. The largest absolute Gasteiger partial charge is 0.493 e. The van der Waals surface area contributed by atoms with Gasteiger partial charge in [-0.2, -0.15) is 0 Å². The molecule has 2 aromatic rings. The number of nitrogens with zero attached hydrogens (tertiary/aromatic N) is 1. The number of ketones is 1. The molecule has 0 amide bonds. The van der Waals surface area contributed by atoms with Crippen molar-refractivity contribution in [2.45, 2.75) is 56.9 Å². The van der Waals surface area contributed by atoms with Crippen LogP contribution >= 0.6 is 22.6 Å². The number of anilines is 1. The van der Waals surface area contributed by atoms with Crippen molar-refractivity contribution < 1.29 is 22.7 Å². The fourth-order valence-corrected chi connectivity index (χ4v) is 6.98. The lowest BCUT2D eigenvalue weighted by Crippen LogP contribution is -2.43. The van der Waals surface area contributed by atoms with Crippen molar-refractivity contribution in [1.82, 2.24) is 0 Å². The monoisotopic (exact) mass is 583 g/mol. The molecule has 1 saturated heterocycles. The van der Waals surface area contributed by atoms with Gasteiger partial charge in [-0.25, -0.2) is 8.42 Å². The van der Waals surface area contributed by atoms with Gasteiger partial charge in [0, 0.05) is 22.8 Å². The molecular formula is C25H30INO5S. The summed E-state index contributed by atoms with van der Waals surface area (Å²) in [5.41, 5.74) is 2.08. The molecule has 0 aromatic heterocycles. The average molecular weight is 583 g/mol. The molecule has 0 radical (unpaired) electrons. The number of rotatable bonds is 7. The highest BCUT2D eigenvalue weighted by atomic mass is 127. The minimum absolute atomic E-state index is 0.118. The molecule has 8 heteroatoms. The van der Waals surface area contributed by atoms with E-state index >= 15 is 0 Å². The maximum atomic E-state index is 13.9. The van der Waals surface area contributed by atoms with Crippen LogP contribution in [0.3, 0.4) is 0 Å². The van der Waals surface area contributed by atoms with E-state index in [2.05, 4.69) is 28.7 Å². The first-order valence-corrected chi connectivity index (χ1v) is 14.0. The van der Waals surface area contributed by atoms with Gasteiger partial charge in [0.1, 0.15) is 5.75 Å². The predicted molar refractivity (Wildman–Crippen MR) is 137 cm³/mol. The summed E-state index contributed by atoms with van der Waals surface area (Å²) < 4.78 is 41.7. The topological polar surface area (TPSA) is 72.9 Å². The molecule has 33 heavy (non-hydrogen) atoms. The summed E-state index contributed by atoms with van der Waals surface area (Å²) in [6.45, 7) is 5.39. The molecule has 178 valence electrons. The molecule has 2 aliphatic heterocycles. The van der Waals surface area contributed by atoms with Crippen LogP contribution in [0.1, 0.15) is 55.5 Å². The van der Waals surface area contributed by atoms with Crippen molar-refractivity contribution in [3.8, 4) is 5.75 Å². The van der Waals surface area contributed by atoms with Gasteiger partial charge in [-0.05, 0) is 109 Å². The van der Waals surface area contributed by atoms with Crippen LogP contribution in [0, 0.1) is 9.49 Å². The summed E-state index contributed by atoms with van der Waals surface area (Å²) in [5.74, 6) is 0.600. The molecule has 0 aliphatic carbocycles. The second-order valence-electron chi connectivity index (χ2n) is 8.76. The molecule has 4 rings (SSSR count). The summed E-state index contributed by atoms with van der Waals surface area (Å²) in [6, 6.07) is 10.4. The van der Waals surface area contributed by atoms with E-state index in [0.717, 1.165) is 60.1 Å². The lowest BCUT2D eigenvalue weighted by Gasteiger charge is -2.37. The number of ether oxygens (including phenoxy) is 2. The smallest absolute Gasteiger partial charge is 0.264 e. The number of carbonyl (C=O) groups is 1. The van der Waals surface area contributed by atoms with Crippen molar-refractivity contribution in [2.75, 3.05) is 24.1 Å². The fourth-order valence-electron chi connectivity index (χ4n) is 4.61. The van der Waals surface area contributed by atoms with Gasteiger partial charge >= 0.3 is 0 Å². The SMILES string of the molecule is CC[C@H]1CCc2cc(I)ccc2N1S(=O)(=O)c1ccc(OCC2CCOCC2)c(C(C)=O)c1. The Morgan fingerprint density at radius 1 is 1.15 bits per heavy atom. The van der Waals surface area contributed by atoms with Crippen molar-refractivity contribution >= 4 is 44.1 Å². The Morgan fingerprint density at radius 3 is 2.61 bits per heavy atom. The molecule has 0 saturated carbocycles. The number of hydrogen-bond donors (Lipinski definition) is 0. The van der Waals surface area contributed by atoms with Crippen LogP contribution in [0.5, 0.6) is 5.75 Å². The first-order valence-electron chi connectivity index (χ1n) is 11.5. The van der Waals surface area contributed by atoms with Gasteiger partial charge in [0.15, 0.2) is 5.78 Å². The quantitative estimate of drug-likeness (QED) is 0.330. The van der Waals surface area contributed by atoms with Crippen LogP contribution in [0.2, 0.25) is 0 Å². The highest BCUT2D eigenvalue weighted by Gasteiger charge is 2.35. The Bertz CT molecular complexity index is 1130. The maximum absolute atomic E-state index is 13.9. The zero-order valence-electron chi connectivity index (χ0n) is 19.1. The van der Waals surface area contributed by atoms with Crippen LogP contribution in [0.25, 0.3) is 0 Å². The number of halogens is 1. The third-order valence-electron chi connectivity index (χ3n) is 6.53. The molecule has 2 aliphatic rings. The molecule has 1 fully saturated rings. The molecule has 0 N–H and O–H groups in total. The molecule has 0 spiro atoms. The zero-order chi connectivity index (χ0) is 23.6. The number of benzene rings is 2. The van der Waals surface area contributed by atoms with Crippen molar-refractivity contribution in [1.29, 1.82) is 0 Å². The Balaban J connectivity index is 1.67. The first kappa shape index (κ1) is 24.5. The van der Waals surface area contributed by atoms with Crippen LogP contribution in [0.15, 0.2) is 41.3 Å². The first-order chi connectivity index (χ1) is 15.8. The minimum atomic E-state index is -3.85. The van der Waals surface area contributed by atoms with E-state index in [1.54, 1.807) is 16.4 Å². The second-order valence-corrected chi connectivity index (χ2v) is 11.8. The number of Topliss-reactive ketones (excluding diaryl/α,β-unsaturated/α-hetero) is 1. The van der Waals surface area contributed by atoms with Crippen LogP contribution < -0.4 is 9.04 Å². The summed E-state index contributed by atoms with van der Waals surface area (Å²) in [6.07, 6.45) is 4.20. The van der Waals surface area contributed by atoms with Crippen LogP contribution in [-0.4, -0.2) is 40.1 Å². The summed E-state index contributed by atoms with van der Waals surface area (Å²) >= 11 is 2.25. The zero-order valence-corrected chi connectivity index (χ0v) is 22.0. The molecule has 1 atom stereocenters. The Morgan fingerprint density at radius 2 is 1.91 bits per heavy atom. The van der Waals surface area contributed by atoms with E-state index in [0.29, 0.717) is 23.8 Å². The van der Waals surface area contributed by atoms with Gasteiger partial charge < -0.3 is 9.47 Å². The fraction of sp³-hybridized carbons (Fsp3) is 0.480. The van der Waals surface area contributed by atoms with Crippen LogP contribution in [-0.2, 0) is 21.2 Å². The third-order valence-corrected chi connectivity index (χ3v) is 9.06. The summed E-state index contributed by atoms with van der Waals surface area (Å²) in [4.78, 5) is 12.5. The number of aryl methyl sites for hydroxylation is 1. The molecule has 2 heterocycles. The van der Waals surface area contributed by atoms with Crippen molar-refractivity contribution in [3.63, 3.8) is 0 Å². The van der Waals surface area contributed by atoms with Gasteiger partial charge in [-0.1, -0.05) is 6.92 Å². The molecule has 6 nitrogen and oxygen atoms in total. The summed E-state index contributed by atoms with van der Waals surface area (Å²) in [5, 5.41) is 0. The number of sulfonamides is 1. The highest BCUT2D eigenvalue weighted by molar-refractivity contribution is 14.1. The maximum Gasteiger partial charge on any atom is 0.264 e. The van der Waals surface area contributed by atoms with Crippen LogP contribution in [0.4, 0.5) is 5.69 Å². The van der Waals surface area contributed by atoms with Gasteiger partial charge in [-0.3, -0.25) is 9.10 Å². The standard InChI is InChI=1S/C25H30INO5S/c1-3-21-6-4-19-14-20(26)5-8-24(19)27(21)33(29,30)22-7-9-25(23(15-22)17(2)28)32-16-18-10-12-31-13-11-18/h5,7-9,14-15,18,21H,3-4,6,10-13,16H2,1-2H3/t21-/m0/s1. The molecule has 0 unspecified atom stereocenters. The predicted octanol–water partition coefficient (Wildman–Crippen LogP) is 5.22. The van der Waals surface area contributed by atoms with Gasteiger partial charge in [0.05, 0.1) is 22.8 Å². The van der Waals surface area contributed by atoms with Gasteiger partial charge in [0.25, 0.3) is 10.0 Å². The molecular weight excluding hydrogens is 553 g/mol. The second kappa shape index (κ2) is 10.3. The lowest BCUT2D eigenvalue weighted by molar-refractivity contribution is 0.0495. The average Bonchev–Trinajstić information content (AvgIpc) is 2.82. The van der Waals surface area contributed by atoms with Crippen molar-refractivity contribution in [3.05, 3.63) is 51.1 Å². The van der Waals surface area contributed by atoms with Gasteiger partial charge in [-0.15, -0.1) is 0 Å². The summed E-state index contributed by atoms with van der Waals surface area (Å²) in [7, 11) is -3.85. The Labute approximate surface area is 209 Å². The lowest BCUT2D eigenvalue weighted by atomic mass is 9.97. The molecule has 0 bridgehead atoms. The van der Waals surface area contributed by atoms with E-state index in [1.807, 2.05) is 19.1 Å². The van der Waals surface area contributed by atoms with E-state index in [1.165, 1.54) is 13.0 Å². The Kier molecular flexibility index (Phi) is 7.65. The number of hydrogen-bond acceptors (Lipinski definition) is 5.